The van der Waals surface area contributed by atoms with Gasteiger partial charge < -0.3 is 9.84 Å². The molecule has 142 valence electrons. The van der Waals surface area contributed by atoms with Gasteiger partial charge in [0, 0.05) is 21.2 Å². The van der Waals surface area contributed by atoms with Gasteiger partial charge in [0.2, 0.25) is 0 Å². The van der Waals surface area contributed by atoms with Crippen molar-refractivity contribution in [1.29, 1.82) is 0 Å². The van der Waals surface area contributed by atoms with Gasteiger partial charge in [-0.05, 0) is 36.4 Å². The SMILES string of the molecule is O=C(N/N=C\c1ccccc1O)c1ccccc1OCc1ccc(Cl)cc1Cl. The third-order valence-corrected chi connectivity index (χ3v) is 4.42. The molecule has 3 aromatic carbocycles. The minimum Gasteiger partial charge on any atom is -0.507 e. The van der Waals surface area contributed by atoms with Crippen molar-refractivity contribution in [3.05, 3.63) is 93.5 Å². The second-order valence-electron chi connectivity index (χ2n) is 5.78. The molecule has 3 rings (SSSR count). The van der Waals surface area contributed by atoms with E-state index in [0.29, 0.717) is 26.9 Å². The van der Waals surface area contributed by atoms with E-state index in [9.17, 15) is 9.90 Å². The van der Waals surface area contributed by atoms with Crippen molar-refractivity contribution >= 4 is 35.3 Å². The summed E-state index contributed by atoms with van der Waals surface area (Å²) in [6, 6.07) is 18.6. The lowest BCUT2D eigenvalue weighted by atomic mass is 10.2. The van der Waals surface area contributed by atoms with Crippen LogP contribution in [0.2, 0.25) is 10.0 Å². The van der Waals surface area contributed by atoms with Crippen molar-refractivity contribution < 1.29 is 14.6 Å². The first-order chi connectivity index (χ1) is 13.5. The third-order valence-electron chi connectivity index (χ3n) is 3.84. The summed E-state index contributed by atoms with van der Waals surface area (Å²) in [5.74, 6) is 0.0253. The Labute approximate surface area is 172 Å². The Bertz CT molecular complexity index is 1020. The van der Waals surface area contributed by atoms with Crippen LogP contribution < -0.4 is 10.2 Å². The molecule has 0 saturated heterocycles. The molecule has 3 aromatic rings. The summed E-state index contributed by atoms with van der Waals surface area (Å²) in [6.07, 6.45) is 1.37. The van der Waals surface area contributed by atoms with Crippen molar-refractivity contribution in [3.63, 3.8) is 0 Å². The number of nitrogens with zero attached hydrogens (tertiary/aromatic N) is 1. The van der Waals surface area contributed by atoms with E-state index in [0.717, 1.165) is 5.56 Å². The summed E-state index contributed by atoms with van der Waals surface area (Å²) < 4.78 is 5.77. The molecule has 0 fully saturated rings. The average molecular weight is 415 g/mol. The fraction of sp³-hybridized carbons (Fsp3) is 0.0476. The molecule has 5 nitrogen and oxygen atoms in total. The Morgan fingerprint density at radius 3 is 2.61 bits per heavy atom. The zero-order chi connectivity index (χ0) is 19.9. The van der Waals surface area contributed by atoms with E-state index in [1.807, 2.05) is 0 Å². The van der Waals surface area contributed by atoms with Crippen LogP contribution in [0.25, 0.3) is 0 Å². The van der Waals surface area contributed by atoms with Crippen LogP contribution in [-0.4, -0.2) is 17.2 Å². The molecule has 0 radical (unpaired) electrons. The van der Waals surface area contributed by atoms with Crippen LogP contribution in [0, 0.1) is 0 Å². The Hall–Kier alpha value is -3.02. The highest BCUT2D eigenvalue weighted by Gasteiger charge is 2.12. The van der Waals surface area contributed by atoms with E-state index in [2.05, 4.69) is 10.5 Å². The minimum absolute atomic E-state index is 0.0732. The van der Waals surface area contributed by atoms with Gasteiger partial charge in [0.1, 0.15) is 18.1 Å². The fourth-order valence-electron chi connectivity index (χ4n) is 2.39. The Kier molecular flexibility index (Phi) is 6.53. The highest BCUT2D eigenvalue weighted by atomic mass is 35.5. The maximum Gasteiger partial charge on any atom is 0.275 e. The monoisotopic (exact) mass is 414 g/mol. The zero-order valence-electron chi connectivity index (χ0n) is 14.6. The lowest BCUT2D eigenvalue weighted by Crippen LogP contribution is -2.18. The molecule has 0 aliphatic heterocycles. The van der Waals surface area contributed by atoms with Crippen LogP contribution in [0.5, 0.6) is 11.5 Å². The third kappa shape index (κ3) is 5.03. The molecule has 0 heterocycles. The van der Waals surface area contributed by atoms with Crippen molar-refractivity contribution in [2.24, 2.45) is 5.10 Å². The Morgan fingerprint density at radius 2 is 1.82 bits per heavy atom. The molecule has 0 saturated carbocycles. The van der Waals surface area contributed by atoms with Gasteiger partial charge in [0.05, 0.1) is 11.8 Å². The topological polar surface area (TPSA) is 70.9 Å². The second-order valence-corrected chi connectivity index (χ2v) is 6.62. The quantitative estimate of drug-likeness (QED) is 0.438. The molecule has 0 unspecified atom stereocenters. The molecule has 0 aliphatic carbocycles. The molecule has 1 amide bonds. The van der Waals surface area contributed by atoms with Crippen molar-refractivity contribution in [1.82, 2.24) is 5.43 Å². The van der Waals surface area contributed by atoms with Gasteiger partial charge in [0.25, 0.3) is 5.91 Å². The molecule has 0 aromatic heterocycles. The lowest BCUT2D eigenvalue weighted by molar-refractivity contribution is 0.0950. The Balaban J connectivity index is 1.69. The van der Waals surface area contributed by atoms with Crippen LogP contribution in [-0.2, 0) is 6.61 Å². The van der Waals surface area contributed by atoms with Gasteiger partial charge in [-0.15, -0.1) is 0 Å². The van der Waals surface area contributed by atoms with Crippen LogP contribution in [0.15, 0.2) is 71.8 Å². The molecule has 2 N–H and O–H groups in total. The Morgan fingerprint density at radius 1 is 1.07 bits per heavy atom. The number of rotatable bonds is 6. The van der Waals surface area contributed by atoms with Crippen LogP contribution >= 0.6 is 23.2 Å². The molecular formula is C21H16Cl2N2O3. The number of phenolic OH excluding ortho intramolecular Hbond substituents is 1. The highest BCUT2D eigenvalue weighted by Crippen LogP contribution is 2.24. The van der Waals surface area contributed by atoms with Crippen LogP contribution in [0.4, 0.5) is 0 Å². The lowest BCUT2D eigenvalue weighted by Gasteiger charge is -2.11. The first-order valence-corrected chi connectivity index (χ1v) is 9.07. The average Bonchev–Trinajstić information content (AvgIpc) is 2.69. The number of hydrazone groups is 1. The maximum absolute atomic E-state index is 12.5. The van der Waals surface area contributed by atoms with Gasteiger partial charge in [-0.2, -0.15) is 5.10 Å². The number of benzene rings is 3. The number of phenols is 1. The number of para-hydroxylation sites is 2. The predicted octanol–water partition coefficient (Wildman–Crippen LogP) is 5.04. The van der Waals surface area contributed by atoms with E-state index in [1.54, 1.807) is 60.7 Å². The first-order valence-electron chi connectivity index (χ1n) is 8.32. The van der Waals surface area contributed by atoms with Gasteiger partial charge >= 0.3 is 0 Å². The fourth-order valence-corrected chi connectivity index (χ4v) is 2.85. The van der Waals surface area contributed by atoms with E-state index < -0.39 is 5.91 Å². The predicted molar refractivity (Wildman–Crippen MR) is 110 cm³/mol. The smallest absolute Gasteiger partial charge is 0.275 e. The largest absolute Gasteiger partial charge is 0.507 e. The summed E-state index contributed by atoms with van der Waals surface area (Å²) >= 11 is 12.1. The zero-order valence-corrected chi connectivity index (χ0v) is 16.1. The molecule has 0 atom stereocenters. The number of carbonyl (C=O) groups excluding carboxylic acids is 1. The molecule has 0 spiro atoms. The molecular weight excluding hydrogens is 399 g/mol. The molecule has 7 heteroatoms. The van der Waals surface area contributed by atoms with Crippen LogP contribution in [0.1, 0.15) is 21.5 Å². The summed E-state index contributed by atoms with van der Waals surface area (Å²) in [7, 11) is 0. The van der Waals surface area contributed by atoms with Gasteiger partial charge in [0.15, 0.2) is 0 Å². The molecule has 0 aliphatic rings. The number of aromatic hydroxyl groups is 1. The summed E-state index contributed by atoms with van der Waals surface area (Å²) in [5.41, 5.74) is 3.99. The van der Waals surface area contributed by atoms with Gasteiger partial charge in [-0.3, -0.25) is 4.79 Å². The number of carbonyl (C=O) groups is 1. The second kappa shape index (κ2) is 9.26. The van der Waals surface area contributed by atoms with E-state index >= 15 is 0 Å². The summed E-state index contributed by atoms with van der Waals surface area (Å²) in [4.78, 5) is 12.5. The van der Waals surface area contributed by atoms with Crippen molar-refractivity contribution in [3.8, 4) is 11.5 Å². The van der Waals surface area contributed by atoms with E-state index in [-0.39, 0.29) is 12.4 Å². The number of ether oxygens (including phenoxy) is 1. The van der Waals surface area contributed by atoms with Gasteiger partial charge in [-0.25, -0.2) is 5.43 Å². The molecule has 28 heavy (non-hydrogen) atoms. The van der Waals surface area contributed by atoms with Crippen molar-refractivity contribution in [2.75, 3.05) is 0 Å². The van der Waals surface area contributed by atoms with Gasteiger partial charge in [-0.1, -0.05) is 53.5 Å². The van der Waals surface area contributed by atoms with E-state index in [4.69, 9.17) is 27.9 Å². The summed E-state index contributed by atoms with van der Waals surface area (Å²) in [5, 5.41) is 14.6. The normalized spacial score (nSPS) is 10.8. The highest BCUT2D eigenvalue weighted by molar-refractivity contribution is 6.35. The maximum atomic E-state index is 12.5. The summed E-state index contributed by atoms with van der Waals surface area (Å²) in [6.45, 7) is 0.182. The molecule has 0 bridgehead atoms. The minimum atomic E-state index is -0.440. The number of hydrogen-bond donors (Lipinski definition) is 2. The number of halogens is 2. The van der Waals surface area contributed by atoms with Crippen LogP contribution in [0.3, 0.4) is 0 Å². The first kappa shape index (κ1) is 19.7. The van der Waals surface area contributed by atoms with E-state index in [1.165, 1.54) is 12.3 Å². The van der Waals surface area contributed by atoms with Crippen molar-refractivity contribution in [2.45, 2.75) is 6.61 Å². The number of hydrogen-bond acceptors (Lipinski definition) is 4. The number of nitrogens with one attached hydrogen (secondary N) is 1. The standard InChI is InChI=1S/C21H16Cl2N2O3/c22-16-10-9-15(18(23)11-16)13-28-20-8-4-2-6-17(20)21(27)25-24-12-14-5-1-3-7-19(14)26/h1-12,26H,13H2,(H,25,27)/b24-12-. The number of amides is 1.